The summed E-state index contributed by atoms with van der Waals surface area (Å²) in [5.41, 5.74) is 1.17. The van der Waals surface area contributed by atoms with Crippen molar-refractivity contribution in [2.24, 2.45) is 5.92 Å². The van der Waals surface area contributed by atoms with Gasteiger partial charge in [-0.2, -0.15) is 0 Å². The predicted molar refractivity (Wildman–Crippen MR) is 140 cm³/mol. The molecule has 2 amide bonds. The Balaban J connectivity index is 1.41. The number of anilines is 1. The first-order chi connectivity index (χ1) is 17.5. The quantitative estimate of drug-likeness (QED) is 0.371. The van der Waals surface area contributed by atoms with E-state index in [4.69, 9.17) is 4.74 Å². The number of nitrogens with one attached hydrogen (secondary N) is 2. The number of fused-ring (bicyclic) bond motifs is 1. The standard InChI is InChI=1S/C27H26N4O4S/c1-35-20-9-18(12-28-14-20)13-29-26(33)19-10-24(31(25(32)11-19)15-17-5-4-6-17)30-27(34)22-16-36-23-8-3-2-7-21(22)23/h2-3,7-12,14,16-17H,4-6,13,15H2,1H3,(H,29,33)(H,30,34). The molecule has 1 saturated carbocycles. The lowest BCUT2D eigenvalue weighted by Crippen LogP contribution is -2.32. The van der Waals surface area contributed by atoms with Gasteiger partial charge in [-0.05, 0) is 42.5 Å². The fourth-order valence-electron chi connectivity index (χ4n) is 4.25. The number of thiophene rings is 1. The van der Waals surface area contributed by atoms with Crippen LogP contribution in [0.25, 0.3) is 10.1 Å². The third-order valence-electron chi connectivity index (χ3n) is 6.48. The van der Waals surface area contributed by atoms with E-state index in [0.717, 1.165) is 34.9 Å². The topological polar surface area (TPSA) is 102 Å². The molecule has 3 heterocycles. The number of pyridine rings is 2. The van der Waals surface area contributed by atoms with Crippen LogP contribution in [0, 0.1) is 5.92 Å². The summed E-state index contributed by atoms with van der Waals surface area (Å²) >= 11 is 1.49. The fourth-order valence-corrected chi connectivity index (χ4v) is 5.19. The molecular weight excluding hydrogens is 476 g/mol. The number of aromatic nitrogens is 2. The van der Waals surface area contributed by atoms with Gasteiger partial charge in [0, 0.05) is 46.4 Å². The van der Waals surface area contributed by atoms with Crippen molar-refractivity contribution in [3.05, 3.63) is 87.3 Å². The zero-order valence-corrected chi connectivity index (χ0v) is 20.6. The number of carbonyl (C=O) groups excluding carboxylic acids is 2. The molecule has 0 aliphatic heterocycles. The zero-order valence-electron chi connectivity index (χ0n) is 19.8. The van der Waals surface area contributed by atoms with Crippen LogP contribution in [0.2, 0.25) is 0 Å². The molecule has 184 valence electrons. The van der Waals surface area contributed by atoms with Crippen LogP contribution in [0.1, 0.15) is 45.5 Å². The first kappa shape index (κ1) is 23.7. The molecule has 0 saturated heterocycles. The van der Waals surface area contributed by atoms with E-state index in [1.165, 1.54) is 17.4 Å². The number of amides is 2. The molecule has 9 heteroatoms. The number of ether oxygens (including phenoxy) is 1. The van der Waals surface area contributed by atoms with Gasteiger partial charge in [-0.25, -0.2) is 0 Å². The molecule has 2 N–H and O–H groups in total. The number of rotatable bonds is 8. The molecule has 0 atom stereocenters. The van der Waals surface area contributed by atoms with Gasteiger partial charge >= 0.3 is 0 Å². The van der Waals surface area contributed by atoms with Crippen LogP contribution in [0.5, 0.6) is 5.75 Å². The van der Waals surface area contributed by atoms with Crippen LogP contribution < -0.4 is 20.9 Å². The van der Waals surface area contributed by atoms with Crippen molar-refractivity contribution in [1.29, 1.82) is 0 Å². The molecule has 36 heavy (non-hydrogen) atoms. The second-order valence-electron chi connectivity index (χ2n) is 8.89. The maximum absolute atomic E-state index is 13.2. The van der Waals surface area contributed by atoms with Crippen molar-refractivity contribution < 1.29 is 14.3 Å². The van der Waals surface area contributed by atoms with Gasteiger partial charge in [-0.1, -0.05) is 24.6 Å². The predicted octanol–water partition coefficient (Wildman–Crippen LogP) is 4.45. The molecule has 0 bridgehead atoms. The highest BCUT2D eigenvalue weighted by Crippen LogP contribution is 2.29. The smallest absolute Gasteiger partial charge is 0.258 e. The van der Waals surface area contributed by atoms with E-state index >= 15 is 0 Å². The van der Waals surface area contributed by atoms with Crippen molar-refractivity contribution in [3.8, 4) is 5.75 Å². The van der Waals surface area contributed by atoms with Crippen molar-refractivity contribution in [3.63, 3.8) is 0 Å². The summed E-state index contributed by atoms with van der Waals surface area (Å²) in [6.07, 6.45) is 6.45. The third-order valence-corrected chi connectivity index (χ3v) is 7.44. The van der Waals surface area contributed by atoms with Crippen LogP contribution >= 0.6 is 11.3 Å². The SMILES string of the molecule is COc1cncc(CNC(=O)c2cc(NC(=O)c3csc4ccccc34)n(CC3CCC3)c(=O)c2)c1. The Labute approximate surface area is 211 Å². The minimum atomic E-state index is -0.415. The number of hydrogen-bond donors (Lipinski definition) is 2. The van der Waals surface area contributed by atoms with E-state index in [-0.39, 0.29) is 23.6 Å². The van der Waals surface area contributed by atoms with Crippen LogP contribution in [0.15, 0.2) is 65.0 Å². The Hall–Kier alpha value is -3.98. The summed E-state index contributed by atoms with van der Waals surface area (Å²) in [6.45, 7) is 0.729. The Kier molecular flexibility index (Phi) is 6.81. The number of hydrogen-bond acceptors (Lipinski definition) is 6. The number of nitrogens with zero attached hydrogens (tertiary/aromatic N) is 2. The number of methoxy groups -OCH3 is 1. The second-order valence-corrected chi connectivity index (χ2v) is 9.80. The van der Waals surface area contributed by atoms with Gasteiger partial charge in [0.2, 0.25) is 0 Å². The molecule has 1 aliphatic carbocycles. The van der Waals surface area contributed by atoms with Crippen LogP contribution in [0.4, 0.5) is 5.82 Å². The average Bonchev–Trinajstić information content (AvgIpc) is 3.30. The molecule has 3 aromatic heterocycles. The van der Waals surface area contributed by atoms with Gasteiger partial charge < -0.3 is 15.4 Å². The minimum Gasteiger partial charge on any atom is -0.495 e. The molecule has 1 aliphatic rings. The first-order valence-corrected chi connectivity index (χ1v) is 12.7. The molecule has 5 rings (SSSR count). The van der Waals surface area contributed by atoms with E-state index in [1.54, 1.807) is 36.2 Å². The van der Waals surface area contributed by atoms with E-state index in [9.17, 15) is 14.4 Å². The van der Waals surface area contributed by atoms with Crippen LogP contribution in [-0.2, 0) is 13.1 Å². The van der Waals surface area contributed by atoms with Crippen molar-refractivity contribution in [1.82, 2.24) is 14.9 Å². The molecule has 0 spiro atoms. The van der Waals surface area contributed by atoms with E-state index in [1.807, 2.05) is 29.6 Å². The fraction of sp³-hybridized carbons (Fsp3) is 0.259. The van der Waals surface area contributed by atoms with Gasteiger partial charge in [0.15, 0.2) is 0 Å². The molecule has 4 aromatic rings. The molecule has 1 aromatic carbocycles. The van der Waals surface area contributed by atoms with Crippen molar-refractivity contribution in [2.75, 3.05) is 12.4 Å². The van der Waals surface area contributed by atoms with Crippen molar-refractivity contribution in [2.45, 2.75) is 32.4 Å². The van der Waals surface area contributed by atoms with Crippen molar-refractivity contribution >= 4 is 39.1 Å². The summed E-state index contributed by atoms with van der Waals surface area (Å²) in [5, 5.41) is 8.39. The van der Waals surface area contributed by atoms with Gasteiger partial charge in [-0.3, -0.25) is 23.9 Å². The lowest BCUT2D eigenvalue weighted by atomic mass is 9.85. The second kappa shape index (κ2) is 10.3. The normalized spacial score (nSPS) is 13.2. The zero-order chi connectivity index (χ0) is 25.1. The summed E-state index contributed by atoms with van der Waals surface area (Å²) in [4.78, 5) is 43.4. The highest BCUT2D eigenvalue weighted by molar-refractivity contribution is 7.17. The van der Waals surface area contributed by atoms with Gasteiger partial charge in [0.25, 0.3) is 17.4 Å². The third kappa shape index (κ3) is 5.01. The molecule has 0 radical (unpaired) electrons. The highest BCUT2D eigenvalue weighted by Gasteiger charge is 2.22. The largest absolute Gasteiger partial charge is 0.495 e. The molecule has 8 nitrogen and oxygen atoms in total. The number of benzene rings is 1. The summed E-state index contributed by atoms with van der Waals surface area (Å²) in [6, 6.07) is 12.4. The lowest BCUT2D eigenvalue weighted by molar-refractivity contribution is 0.0949. The van der Waals surface area contributed by atoms with E-state index < -0.39 is 5.91 Å². The average molecular weight is 503 g/mol. The summed E-state index contributed by atoms with van der Waals surface area (Å²) in [7, 11) is 1.55. The molecule has 1 fully saturated rings. The Morgan fingerprint density at radius 1 is 1.14 bits per heavy atom. The van der Waals surface area contributed by atoms with Crippen LogP contribution in [-0.4, -0.2) is 28.5 Å². The minimum absolute atomic E-state index is 0.186. The highest BCUT2D eigenvalue weighted by atomic mass is 32.1. The Morgan fingerprint density at radius 3 is 2.75 bits per heavy atom. The van der Waals surface area contributed by atoms with Crippen LogP contribution in [0.3, 0.4) is 0 Å². The molecule has 0 unspecified atom stereocenters. The number of carbonyl (C=O) groups is 2. The first-order valence-electron chi connectivity index (χ1n) is 11.8. The summed E-state index contributed by atoms with van der Waals surface area (Å²) < 4.78 is 7.75. The summed E-state index contributed by atoms with van der Waals surface area (Å²) in [5.74, 6) is 0.575. The monoisotopic (exact) mass is 502 g/mol. The lowest BCUT2D eigenvalue weighted by Gasteiger charge is -2.27. The maximum atomic E-state index is 13.2. The van der Waals surface area contributed by atoms with Gasteiger partial charge in [0.05, 0.1) is 18.9 Å². The van der Waals surface area contributed by atoms with Gasteiger partial charge in [-0.15, -0.1) is 11.3 Å². The van der Waals surface area contributed by atoms with E-state index in [0.29, 0.717) is 29.6 Å². The van der Waals surface area contributed by atoms with E-state index in [2.05, 4.69) is 15.6 Å². The maximum Gasteiger partial charge on any atom is 0.258 e. The molecular formula is C27H26N4O4S. The Bertz CT molecular complexity index is 1490. The van der Waals surface area contributed by atoms with Gasteiger partial charge in [0.1, 0.15) is 11.6 Å². The Morgan fingerprint density at radius 2 is 1.97 bits per heavy atom.